The summed E-state index contributed by atoms with van der Waals surface area (Å²) in [5.74, 6) is -0.185. The summed E-state index contributed by atoms with van der Waals surface area (Å²) in [5.41, 5.74) is 0.941. The Hall–Kier alpha value is -1.79. The zero-order chi connectivity index (χ0) is 15.8. The fourth-order valence-electron chi connectivity index (χ4n) is 2.24. The van der Waals surface area contributed by atoms with Crippen molar-refractivity contribution in [2.45, 2.75) is 25.4 Å². The molecule has 1 fully saturated rings. The average molecular weight is 325 g/mol. The molecule has 6 nitrogen and oxygen atoms in total. The number of carbonyl (C=O) groups is 2. The highest BCUT2D eigenvalue weighted by atomic mass is 35.5. The van der Waals surface area contributed by atoms with Crippen LogP contribution < -0.4 is 21.3 Å². The Bertz CT molecular complexity index is 501. The highest BCUT2D eigenvalue weighted by Gasteiger charge is 2.14. The van der Waals surface area contributed by atoms with Gasteiger partial charge in [0, 0.05) is 24.2 Å². The second-order valence-electron chi connectivity index (χ2n) is 5.26. The van der Waals surface area contributed by atoms with Gasteiger partial charge in [0.05, 0.1) is 6.54 Å². The number of rotatable bonds is 6. The number of carbonyl (C=O) groups excluding carboxylic acids is 2. The van der Waals surface area contributed by atoms with Gasteiger partial charge >= 0.3 is 6.03 Å². The molecule has 1 aliphatic heterocycles. The molecule has 1 aromatic carbocycles. The van der Waals surface area contributed by atoms with Crippen molar-refractivity contribution >= 4 is 23.5 Å². The summed E-state index contributed by atoms with van der Waals surface area (Å²) in [6.45, 7) is 1.97. The van der Waals surface area contributed by atoms with Gasteiger partial charge in [0.2, 0.25) is 5.91 Å². The molecule has 1 aliphatic rings. The van der Waals surface area contributed by atoms with Gasteiger partial charge in [0.15, 0.2) is 0 Å². The Morgan fingerprint density at radius 1 is 1.18 bits per heavy atom. The van der Waals surface area contributed by atoms with Crippen LogP contribution in [0.5, 0.6) is 0 Å². The first kappa shape index (κ1) is 16.6. The van der Waals surface area contributed by atoms with Crippen molar-refractivity contribution in [3.05, 3.63) is 34.9 Å². The SMILES string of the molecule is O=C(CNC(=O)NCc1ccc(Cl)cc1)NCC1CCCN1. The molecule has 0 bridgehead atoms. The van der Waals surface area contributed by atoms with Gasteiger partial charge in [-0.25, -0.2) is 4.79 Å². The summed E-state index contributed by atoms with van der Waals surface area (Å²) >= 11 is 5.79. The van der Waals surface area contributed by atoms with Gasteiger partial charge in [-0.1, -0.05) is 23.7 Å². The summed E-state index contributed by atoms with van der Waals surface area (Å²) < 4.78 is 0. The highest BCUT2D eigenvalue weighted by molar-refractivity contribution is 6.30. The van der Waals surface area contributed by atoms with Crippen molar-refractivity contribution in [2.24, 2.45) is 0 Å². The first-order valence-corrected chi connectivity index (χ1v) is 7.77. The van der Waals surface area contributed by atoms with E-state index in [1.165, 1.54) is 0 Å². The number of halogens is 1. The molecule has 0 aliphatic carbocycles. The lowest BCUT2D eigenvalue weighted by Gasteiger charge is -2.12. The van der Waals surface area contributed by atoms with E-state index in [-0.39, 0.29) is 18.5 Å². The molecule has 0 aromatic heterocycles. The monoisotopic (exact) mass is 324 g/mol. The third kappa shape index (κ3) is 5.91. The molecule has 0 saturated carbocycles. The van der Waals surface area contributed by atoms with Gasteiger partial charge in [-0.15, -0.1) is 0 Å². The van der Waals surface area contributed by atoms with E-state index in [0.717, 1.165) is 24.9 Å². The van der Waals surface area contributed by atoms with E-state index in [9.17, 15) is 9.59 Å². The van der Waals surface area contributed by atoms with E-state index in [0.29, 0.717) is 24.2 Å². The first-order valence-electron chi connectivity index (χ1n) is 7.40. The molecule has 1 heterocycles. The molecule has 3 amide bonds. The van der Waals surface area contributed by atoms with Crippen LogP contribution in [-0.2, 0) is 11.3 Å². The Morgan fingerprint density at radius 3 is 2.64 bits per heavy atom. The molecule has 120 valence electrons. The summed E-state index contributed by atoms with van der Waals surface area (Å²) in [4.78, 5) is 23.2. The summed E-state index contributed by atoms with van der Waals surface area (Å²) in [6.07, 6.45) is 2.22. The van der Waals surface area contributed by atoms with Crippen LogP contribution in [0.3, 0.4) is 0 Å². The first-order chi connectivity index (χ1) is 10.6. The summed E-state index contributed by atoms with van der Waals surface area (Å²) in [7, 11) is 0. The van der Waals surface area contributed by atoms with Gasteiger partial charge in [-0.3, -0.25) is 4.79 Å². The fourth-order valence-corrected chi connectivity index (χ4v) is 2.36. The van der Waals surface area contributed by atoms with Crippen LogP contribution in [0.1, 0.15) is 18.4 Å². The van der Waals surface area contributed by atoms with Crippen molar-refractivity contribution < 1.29 is 9.59 Å². The van der Waals surface area contributed by atoms with Crippen LogP contribution >= 0.6 is 11.6 Å². The van der Waals surface area contributed by atoms with E-state index in [2.05, 4.69) is 21.3 Å². The van der Waals surface area contributed by atoms with Crippen molar-refractivity contribution in [3.63, 3.8) is 0 Å². The molecule has 0 radical (unpaired) electrons. The van der Waals surface area contributed by atoms with Crippen LogP contribution in [0.15, 0.2) is 24.3 Å². The average Bonchev–Trinajstić information content (AvgIpc) is 3.04. The molecule has 1 saturated heterocycles. The van der Waals surface area contributed by atoms with Gasteiger partial charge in [-0.05, 0) is 37.1 Å². The molecule has 1 unspecified atom stereocenters. The lowest BCUT2D eigenvalue weighted by molar-refractivity contribution is -0.120. The predicted octanol–water partition coefficient (Wildman–Crippen LogP) is 1.01. The molecule has 7 heteroatoms. The van der Waals surface area contributed by atoms with Gasteiger partial charge in [-0.2, -0.15) is 0 Å². The Labute approximate surface area is 135 Å². The number of hydrogen-bond donors (Lipinski definition) is 4. The normalized spacial score (nSPS) is 17.0. The Morgan fingerprint density at radius 2 is 1.95 bits per heavy atom. The molecule has 1 atom stereocenters. The summed E-state index contributed by atoms with van der Waals surface area (Å²) in [6, 6.07) is 7.18. The maximum Gasteiger partial charge on any atom is 0.315 e. The van der Waals surface area contributed by atoms with Crippen LogP contribution in [-0.4, -0.2) is 37.6 Å². The molecular weight excluding hydrogens is 304 g/mol. The van der Waals surface area contributed by atoms with E-state index in [1.807, 2.05) is 12.1 Å². The maximum absolute atomic E-state index is 11.6. The highest BCUT2D eigenvalue weighted by Crippen LogP contribution is 2.08. The van der Waals surface area contributed by atoms with E-state index in [4.69, 9.17) is 11.6 Å². The van der Waals surface area contributed by atoms with Crippen molar-refractivity contribution in [3.8, 4) is 0 Å². The molecule has 22 heavy (non-hydrogen) atoms. The second kappa shape index (κ2) is 8.60. The number of benzene rings is 1. The zero-order valence-electron chi connectivity index (χ0n) is 12.3. The maximum atomic E-state index is 11.6. The number of nitrogens with one attached hydrogen (secondary N) is 4. The minimum absolute atomic E-state index is 0.0286. The minimum Gasteiger partial charge on any atom is -0.353 e. The predicted molar refractivity (Wildman–Crippen MR) is 85.7 cm³/mol. The Balaban J connectivity index is 1.58. The van der Waals surface area contributed by atoms with Gasteiger partial charge in [0.1, 0.15) is 0 Å². The van der Waals surface area contributed by atoms with Crippen LogP contribution in [0.4, 0.5) is 4.79 Å². The molecule has 1 aromatic rings. The third-order valence-electron chi connectivity index (χ3n) is 3.48. The van der Waals surface area contributed by atoms with Crippen LogP contribution in [0.2, 0.25) is 5.02 Å². The minimum atomic E-state index is -0.371. The number of hydrogen-bond acceptors (Lipinski definition) is 3. The van der Waals surface area contributed by atoms with Gasteiger partial charge in [0.25, 0.3) is 0 Å². The quantitative estimate of drug-likeness (QED) is 0.630. The van der Waals surface area contributed by atoms with Crippen molar-refractivity contribution in [1.29, 1.82) is 0 Å². The lowest BCUT2D eigenvalue weighted by atomic mass is 10.2. The fraction of sp³-hybridized carbons (Fsp3) is 0.467. The molecule has 4 N–H and O–H groups in total. The molecule has 2 rings (SSSR count). The summed E-state index contributed by atoms with van der Waals surface area (Å²) in [5, 5.41) is 12.0. The topological polar surface area (TPSA) is 82.3 Å². The smallest absolute Gasteiger partial charge is 0.315 e. The van der Waals surface area contributed by atoms with E-state index < -0.39 is 0 Å². The molecule has 0 spiro atoms. The standard InChI is InChI=1S/C15H21ClN4O2/c16-12-5-3-11(4-6-12)8-19-15(22)20-10-14(21)18-9-13-2-1-7-17-13/h3-6,13,17H,1-2,7-10H2,(H,18,21)(H2,19,20,22). The van der Waals surface area contributed by atoms with Gasteiger partial charge < -0.3 is 21.3 Å². The zero-order valence-corrected chi connectivity index (χ0v) is 13.1. The van der Waals surface area contributed by atoms with E-state index in [1.54, 1.807) is 12.1 Å². The van der Waals surface area contributed by atoms with Crippen LogP contribution in [0.25, 0.3) is 0 Å². The van der Waals surface area contributed by atoms with E-state index >= 15 is 0 Å². The molecular formula is C15H21ClN4O2. The van der Waals surface area contributed by atoms with Crippen molar-refractivity contribution in [2.75, 3.05) is 19.6 Å². The largest absolute Gasteiger partial charge is 0.353 e. The number of amides is 3. The number of urea groups is 1. The Kier molecular flexibility index (Phi) is 6.48. The lowest BCUT2D eigenvalue weighted by Crippen LogP contribution is -2.44. The third-order valence-corrected chi connectivity index (χ3v) is 3.74. The van der Waals surface area contributed by atoms with Crippen molar-refractivity contribution in [1.82, 2.24) is 21.3 Å². The second-order valence-corrected chi connectivity index (χ2v) is 5.70. The van der Waals surface area contributed by atoms with Crippen LogP contribution in [0, 0.1) is 0 Å².